The van der Waals surface area contributed by atoms with E-state index < -0.39 is 0 Å². The Kier molecular flexibility index (Phi) is 2.79. The molecule has 0 spiro atoms. The summed E-state index contributed by atoms with van der Waals surface area (Å²) in [6.45, 7) is 0. The topological polar surface area (TPSA) is 0 Å². The van der Waals surface area contributed by atoms with Gasteiger partial charge in [0.05, 0.1) is 0 Å². The number of allylic oxidation sites excluding steroid dienone is 1. The van der Waals surface area contributed by atoms with Gasteiger partial charge in [-0.05, 0) is 23.0 Å². The average Bonchev–Trinajstić information content (AvgIpc) is 2.59. The normalized spacial score (nSPS) is 20.2. The molecule has 1 aromatic carbocycles. The third kappa shape index (κ3) is 2.08. The first-order chi connectivity index (χ1) is 5.95. The van der Waals surface area contributed by atoms with Crippen LogP contribution < -0.4 is 0 Å². The molecule has 62 valence electrons. The van der Waals surface area contributed by atoms with Crippen LogP contribution in [-0.4, -0.2) is 5.75 Å². The lowest BCUT2D eigenvalue weighted by molar-refractivity contribution is 1.25. The highest BCUT2D eigenvalue weighted by Gasteiger charge is 2.07. The van der Waals surface area contributed by atoms with Crippen LogP contribution in [0, 0.1) is 0 Å². The SMILES string of the molecule is C(=C1\CCSS1)/c1ccccc1. The maximum Gasteiger partial charge on any atom is 0.00861 e. The van der Waals surface area contributed by atoms with Crippen molar-refractivity contribution in [1.29, 1.82) is 0 Å². The zero-order valence-corrected chi connectivity index (χ0v) is 8.33. The van der Waals surface area contributed by atoms with Gasteiger partial charge < -0.3 is 0 Å². The highest BCUT2D eigenvalue weighted by atomic mass is 33.1. The summed E-state index contributed by atoms with van der Waals surface area (Å²) >= 11 is 0. The van der Waals surface area contributed by atoms with Gasteiger partial charge in [0.2, 0.25) is 0 Å². The van der Waals surface area contributed by atoms with Gasteiger partial charge in [-0.2, -0.15) is 0 Å². The Balaban J connectivity index is 2.16. The summed E-state index contributed by atoms with van der Waals surface area (Å²) in [4.78, 5) is 1.51. The summed E-state index contributed by atoms with van der Waals surface area (Å²) in [5, 5.41) is 0. The van der Waals surface area contributed by atoms with Crippen molar-refractivity contribution in [2.75, 3.05) is 5.75 Å². The first-order valence-electron chi connectivity index (χ1n) is 4.00. The molecule has 1 aliphatic heterocycles. The van der Waals surface area contributed by atoms with E-state index in [1.54, 1.807) is 0 Å². The van der Waals surface area contributed by atoms with E-state index in [2.05, 4.69) is 36.4 Å². The molecule has 1 saturated heterocycles. The van der Waals surface area contributed by atoms with Crippen LogP contribution in [0.2, 0.25) is 0 Å². The fraction of sp³-hybridized carbons (Fsp3) is 0.200. The minimum atomic E-state index is 1.24. The minimum Gasteiger partial charge on any atom is -0.0889 e. The van der Waals surface area contributed by atoms with E-state index in [-0.39, 0.29) is 0 Å². The van der Waals surface area contributed by atoms with Gasteiger partial charge in [-0.25, -0.2) is 0 Å². The predicted octanol–water partition coefficient (Wildman–Crippen LogP) is 3.81. The fourth-order valence-corrected chi connectivity index (χ4v) is 3.52. The van der Waals surface area contributed by atoms with E-state index in [9.17, 15) is 0 Å². The first kappa shape index (κ1) is 8.27. The van der Waals surface area contributed by atoms with Gasteiger partial charge >= 0.3 is 0 Å². The first-order valence-corrected chi connectivity index (χ1v) is 6.32. The van der Waals surface area contributed by atoms with Crippen LogP contribution in [0.4, 0.5) is 0 Å². The van der Waals surface area contributed by atoms with E-state index in [0.717, 1.165) is 0 Å². The van der Waals surface area contributed by atoms with Gasteiger partial charge in [0.1, 0.15) is 0 Å². The maximum atomic E-state index is 2.28. The molecule has 0 atom stereocenters. The van der Waals surface area contributed by atoms with E-state index in [0.29, 0.717) is 0 Å². The van der Waals surface area contributed by atoms with Crippen LogP contribution >= 0.6 is 21.6 Å². The fourth-order valence-electron chi connectivity index (χ4n) is 1.13. The Labute approximate surface area is 80.8 Å². The zero-order chi connectivity index (χ0) is 8.23. The van der Waals surface area contributed by atoms with Crippen LogP contribution in [0.3, 0.4) is 0 Å². The van der Waals surface area contributed by atoms with Crippen LogP contribution in [0.1, 0.15) is 12.0 Å². The van der Waals surface area contributed by atoms with Crippen molar-refractivity contribution in [1.82, 2.24) is 0 Å². The van der Waals surface area contributed by atoms with Crippen molar-refractivity contribution in [2.45, 2.75) is 6.42 Å². The van der Waals surface area contributed by atoms with E-state index in [1.165, 1.54) is 22.6 Å². The van der Waals surface area contributed by atoms with Crippen molar-refractivity contribution in [3.63, 3.8) is 0 Å². The molecule has 2 heteroatoms. The summed E-state index contributed by atoms with van der Waals surface area (Å²) in [6, 6.07) is 10.5. The van der Waals surface area contributed by atoms with Gasteiger partial charge in [-0.1, -0.05) is 51.9 Å². The molecular formula is C10H10S2. The Morgan fingerprint density at radius 2 is 2.00 bits per heavy atom. The van der Waals surface area contributed by atoms with Crippen molar-refractivity contribution in [2.24, 2.45) is 0 Å². The maximum absolute atomic E-state index is 2.28. The van der Waals surface area contributed by atoms with Gasteiger partial charge in [0, 0.05) is 5.75 Å². The van der Waals surface area contributed by atoms with Gasteiger partial charge in [0.25, 0.3) is 0 Å². The van der Waals surface area contributed by atoms with E-state index in [4.69, 9.17) is 0 Å². The Hall–Kier alpha value is -0.340. The highest BCUT2D eigenvalue weighted by molar-refractivity contribution is 8.78. The molecule has 0 unspecified atom stereocenters. The highest BCUT2D eigenvalue weighted by Crippen LogP contribution is 2.41. The monoisotopic (exact) mass is 194 g/mol. The zero-order valence-electron chi connectivity index (χ0n) is 6.69. The van der Waals surface area contributed by atoms with Crippen LogP contribution in [-0.2, 0) is 0 Å². The van der Waals surface area contributed by atoms with Gasteiger partial charge in [-0.15, -0.1) is 0 Å². The Morgan fingerprint density at radius 1 is 1.17 bits per heavy atom. The smallest absolute Gasteiger partial charge is 0.00861 e. The molecule has 0 bridgehead atoms. The Morgan fingerprint density at radius 3 is 2.67 bits per heavy atom. The standard InChI is InChI=1S/C10H10S2/c1-2-4-9(5-3-1)8-10-6-7-11-12-10/h1-5,8H,6-7H2/b10-8-. The van der Waals surface area contributed by atoms with E-state index >= 15 is 0 Å². The molecular weight excluding hydrogens is 184 g/mol. The molecule has 0 radical (unpaired) electrons. The molecule has 2 rings (SSSR count). The lowest BCUT2D eigenvalue weighted by Crippen LogP contribution is -1.72. The molecule has 0 aliphatic carbocycles. The Bertz CT molecular complexity index is 269. The quantitative estimate of drug-likeness (QED) is 0.623. The second-order valence-corrected chi connectivity index (χ2v) is 5.22. The molecule has 0 aromatic heterocycles. The average molecular weight is 194 g/mol. The molecule has 0 N–H and O–H groups in total. The molecule has 0 amide bonds. The molecule has 0 saturated carbocycles. The third-order valence-electron chi connectivity index (χ3n) is 1.72. The van der Waals surface area contributed by atoms with Crippen LogP contribution in [0.25, 0.3) is 6.08 Å². The summed E-state index contributed by atoms with van der Waals surface area (Å²) in [6.07, 6.45) is 3.52. The lowest BCUT2D eigenvalue weighted by Gasteiger charge is -1.94. The molecule has 12 heavy (non-hydrogen) atoms. The summed E-state index contributed by atoms with van der Waals surface area (Å²) in [5.41, 5.74) is 1.32. The number of rotatable bonds is 1. The molecule has 0 nitrogen and oxygen atoms in total. The molecule has 1 fully saturated rings. The van der Waals surface area contributed by atoms with Crippen molar-refractivity contribution in [3.8, 4) is 0 Å². The van der Waals surface area contributed by atoms with Crippen LogP contribution in [0.5, 0.6) is 0 Å². The lowest BCUT2D eigenvalue weighted by atomic mass is 10.2. The van der Waals surface area contributed by atoms with Gasteiger partial charge in [0.15, 0.2) is 0 Å². The number of hydrogen-bond acceptors (Lipinski definition) is 2. The second kappa shape index (κ2) is 4.06. The van der Waals surface area contributed by atoms with Crippen molar-refractivity contribution >= 4 is 27.7 Å². The molecule has 1 aliphatic rings. The van der Waals surface area contributed by atoms with E-state index in [1.807, 2.05) is 21.6 Å². The summed E-state index contributed by atoms with van der Waals surface area (Å²) < 4.78 is 0. The second-order valence-electron chi connectivity index (χ2n) is 2.68. The third-order valence-corrected chi connectivity index (χ3v) is 4.25. The summed E-state index contributed by atoms with van der Waals surface area (Å²) in [5.74, 6) is 1.27. The summed E-state index contributed by atoms with van der Waals surface area (Å²) in [7, 11) is 3.86. The van der Waals surface area contributed by atoms with Crippen LogP contribution in [0.15, 0.2) is 35.2 Å². The van der Waals surface area contributed by atoms with Crippen molar-refractivity contribution in [3.05, 3.63) is 40.8 Å². The number of hydrogen-bond donors (Lipinski definition) is 0. The molecule has 1 aromatic rings. The predicted molar refractivity (Wildman–Crippen MR) is 59.1 cm³/mol. The van der Waals surface area contributed by atoms with Gasteiger partial charge in [-0.3, -0.25) is 0 Å². The van der Waals surface area contributed by atoms with Crippen molar-refractivity contribution < 1.29 is 0 Å². The molecule has 1 heterocycles. The largest absolute Gasteiger partial charge is 0.0889 e. The minimum absolute atomic E-state index is 1.24. The number of benzene rings is 1.